The Morgan fingerprint density at radius 2 is 2.00 bits per heavy atom. The van der Waals surface area contributed by atoms with Crippen molar-refractivity contribution >= 4 is 9.84 Å². The first kappa shape index (κ1) is 17.2. The van der Waals surface area contributed by atoms with Gasteiger partial charge in [-0.3, -0.25) is 4.90 Å². The Morgan fingerprint density at radius 3 is 2.55 bits per heavy atom. The van der Waals surface area contributed by atoms with E-state index in [1.165, 1.54) is 6.26 Å². The molecule has 0 spiro atoms. The highest BCUT2D eigenvalue weighted by molar-refractivity contribution is 7.90. The molecular weight excluding hydrogens is 276 g/mol. The van der Waals surface area contributed by atoms with Gasteiger partial charge in [0, 0.05) is 30.4 Å². The SMILES string of the molecule is CN(CCS(C)(=O)=O)Cc1cc(CNC(C)(C)C)co1. The lowest BCUT2D eigenvalue weighted by Crippen LogP contribution is -2.34. The van der Waals surface area contributed by atoms with Crippen molar-refractivity contribution in [2.45, 2.75) is 39.4 Å². The molecule has 5 nitrogen and oxygen atoms in total. The number of nitrogens with one attached hydrogen (secondary N) is 1. The van der Waals surface area contributed by atoms with Crippen molar-refractivity contribution in [3.05, 3.63) is 23.7 Å². The van der Waals surface area contributed by atoms with Crippen LogP contribution in [-0.4, -0.2) is 44.5 Å². The zero-order valence-corrected chi connectivity index (χ0v) is 13.9. The Bertz CT molecular complexity index is 515. The van der Waals surface area contributed by atoms with Gasteiger partial charge in [0.05, 0.1) is 18.6 Å². The molecule has 0 saturated heterocycles. The van der Waals surface area contributed by atoms with E-state index < -0.39 is 9.84 Å². The van der Waals surface area contributed by atoms with Gasteiger partial charge in [-0.1, -0.05) is 0 Å². The van der Waals surface area contributed by atoms with Crippen molar-refractivity contribution in [2.75, 3.05) is 25.6 Å². The third-order valence-corrected chi connectivity index (χ3v) is 3.72. The Kier molecular flexibility index (Phi) is 5.79. The molecule has 1 N–H and O–H groups in total. The standard InChI is InChI=1S/C14H26N2O3S/c1-14(2,3)15-9-12-8-13(19-11-12)10-16(4)6-7-20(5,17)18/h8,11,15H,6-7,9-10H2,1-5H3. The van der Waals surface area contributed by atoms with E-state index in [-0.39, 0.29) is 11.3 Å². The average molecular weight is 302 g/mol. The maximum absolute atomic E-state index is 11.1. The van der Waals surface area contributed by atoms with E-state index in [9.17, 15) is 8.42 Å². The molecule has 116 valence electrons. The van der Waals surface area contributed by atoms with E-state index in [1.807, 2.05) is 18.0 Å². The molecule has 0 fully saturated rings. The molecule has 1 rings (SSSR count). The van der Waals surface area contributed by atoms with E-state index in [2.05, 4.69) is 26.1 Å². The summed E-state index contributed by atoms with van der Waals surface area (Å²) in [5.74, 6) is 1.02. The monoisotopic (exact) mass is 302 g/mol. The van der Waals surface area contributed by atoms with Gasteiger partial charge in [-0.15, -0.1) is 0 Å². The maximum atomic E-state index is 11.1. The lowest BCUT2D eigenvalue weighted by molar-refractivity contribution is 0.310. The van der Waals surface area contributed by atoms with Crippen molar-refractivity contribution in [1.82, 2.24) is 10.2 Å². The minimum absolute atomic E-state index is 0.0731. The molecule has 0 aromatic carbocycles. The fraction of sp³-hybridized carbons (Fsp3) is 0.714. The van der Waals surface area contributed by atoms with Gasteiger partial charge in [0.25, 0.3) is 0 Å². The third kappa shape index (κ3) is 7.67. The first-order valence-corrected chi connectivity index (χ1v) is 8.79. The third-order valence-electron chi connectivity index (χ3n) is 2.80. The molecule has 0 atom stereocenters. The summed E-state index contributed by atoms with van der Waals surface area (Å²) in [5, 5.41) is 3.40. The van der Waals surface area contributed by atoms with E-state index in [0.717, 1.165) is 17.9 Å². The predicted octanol–water partition coefficient (Wildman–Crippen LogP) is 1.64. The Hall–Kier alpha value is -0.850. The van der Waals surface area contributed by atoms with Crippen LogP contribution in [0.4, 0.5) is 0 Å². The number of hydrogen-bond acceptors (Lipinski definition) is 5. The Labute approximate surface area is 122 Å². The minimum Gasteiger partial charge on any atom is -0.468 e. The molecule has 0 amide bonds. The summed E-state index contributed by atoms with van der Waals surface area (Å²) in [6.45, 7) is 8.24. The highest BCUT2D eigenvalue weighted by atomic mass is 32.2. The van der Waals surface area contributed by atoms with Crippen molar-refractivity contribution < 1.29 is 12.8 Å². The molecule has 0 aliphatic carbocycles. The van der Waals surface area contributed by atoms with Gasteiger partial charge in [-0.05, 0) is 33.9 Å². The summed E-state index contributed by atoms with van der Waals surface area (Å²) in [6.07, 6.45) is 3.00. The molecule has 0 unspecified atom stereocenters. The molecule has 6 heteroatoms. The van der Waals surface area contributed by atoms with Gasteiger partial charge in [0.15, 0.2) is 0 Å². The van der Waals surface area contributed by atoms with Crippen LogP contribution in [0, 0.1) is 0 Å². The number of nitrogens with zero attached hydrogens (tertiary/aromatic N) is 1. The fourth-order valence-electron chi connectivity index (χ4n) is 1.64. The lowest BCUT2D eigenvalue weighted by Gasteiger charge is -2.19. The normalized spacial score (nSPS) is 13.1. The van der Waals surface area contributed by atoms with Gasteiger partial charge in [-0.2, -0.15) is 0 Å². The zero-order valence-electron chi connectivity index (χ0n) is 13.1. The highest BCUT2D eigenvalue weighted by Crippen LogP contribution is 2.11. The number of hydrogen-bond donors (Lipinski definition) is 1. The van der Waals surface area contributed by atoms with Gasteiger partial charge < -0.3 is 9.73 Å². The van der Waals surface area contributed by atoms with Crippen molar-refractivity contribution in [1.29, 1.82) is 0 Å². The Morgan fingerprint density at radius 1 is 1.35 bits per heavy atom. The number of sulfone groups is 1. The first-order valence-electron chi connectivity index (χ1n) is 6.73. The van der Waals surface area contributed by atoms with Crippen LogP contribution in [0.3, 0.4) is 0 Å². The van der Waals surface area contributed by atoms with Crippen molar-refractivity contribution in [3.63, 3.8) is 0 Å². The topological polar surface area (TPSA) is 62.6 Å². The van der Waals surface area contributed by atoms with Crippen molar-refractivity contribution in [2.24, 2.45) is 0 Å². The molecule has 20 heavy (non-hydrogen) atoms. The second-order valence-electron chi connectivity index (χ2n) is 6.39. The summed E-state index contributed by atoms with van der Waals surface area (Å²) < 4.78 is 27.7. The molecule has 0 aliphatic rings. The lowest BCUT2D eigenvalue weighted by atomic mass is 10.1. The van der Waals surface area contributed by atoms with E-state index in [1.54, 1.807) is 6.26 Å². The summed E-state index contributed by atoms with van der Waals surface area (Å²) in [5.41, 5.74) is 1.18. The molecule has 1 heterocycles. The second kappa shape index (κ2) is 6.74. The molecule has 1 aromatic rings. The minimum atomic E-state index is -2.91. The van der Waals surface area contributed by atoms with Crippen LogP contribution in [0.15, 0.2) is 16.7 Å². The molecule has 0 aliphatic heterocycles. The predicted molar refractivity (Wildman–Crippen MR) is 81.3 cm³/mol. The quantitative estimate of drug-likeness (QED) is 0.829. The highest BCUT2D eigenvalue weighted by Gasteiger charge is 2.11. The summed E-state index contributed by atoms with van der Waals surface area (Å²) in [4.78, 5) is 1.95. The molecule has 1 aromatic heterocycles. The summed E-state index contributed by atoms with van der Waals surface area (Å²) >= 11 is 0. The average Bonchev–Trinajstić information content (AvgIpc) is 2.70. The molecule has 0 radical (unpaired) electrons. The van der Waals surface area contributed by atoms with Crippen LogP contribution < -0.4 is 5.32 Å². The fourth-order valence-corrected chi connectivity index (χ4v) is 2.28. The van der Waals surface area contributed by atoms with Gasteiger partial charge in [-0.25, -0.2) is 8.42 Å². The summed E-state index contributed by atoms with van der Waals surface area (Å²) in [6, 6.07) is 2.01. The van der Waals surface area contributed by atoms with Gasteiger partial charge >= 0.3 is 0 Å². The van der Waals surface area contributed by atoms with Crippen LogP contribution in [-0.2, 0) is 22.9 Å². The zero-order chi connectivity index (χ0) is 15.4. The number of rotatable bonds is 7. The van der Waals surface area contributed by atoms with Crippen LogP contribution in [0.1, 0.15) is 32.1 Å². The molecule has 0 bridgehead atoms. The van der Waals surface area contributed by atoms with E-state index in [4.69, 9.17) is 4.42 Å². The van der Waals surface area contributed by atoms with Crippen LogP contribution in [0.25, 0.3) is 0 Å². The molecule has 0 saturated carbocycles. The smallest absolute Gasteiger partial charge is 0.148 e. The van der Waals surface area contributed by atoms with Gasteiger partial charge in [0.1, 0.15) is 15.6 Å². The first-order chi connectivity index (χ1) is 9.05. The van der Waals surface area contributed by atoms with E-state index in [0.29, 0.717) is 13.1 Å². The summed E-state index contributed by atoms with van der Waals surface area (Å²) in [7, 11) is -1.02. The largest absolute Gasteiger partial charge is 0.468 e. The van der Waals surface area contributed by atoms with Crippen LogP contribution in [0.2, 0.25) is 0 Å². The maximum Gasteiger partial charge on any atom is 0.148 e. The molecular formula is C14H26N2O3S. The van der Waals surface area contributed by atoms with Crippen LogP contribution >= 0.6 is 0 Å². The number of furan rings is 1. The Balaban J connectivity index is 2.43. The van der Waals surface area contributed by atoms with Gasteiger partial charge in [0.2, 0.25) is 0 Å². The van der Waals surface area contributed by atoms with Crippen LogP contribution in [0.5, 0.6) is 0 Å². The second-order valence-corrected chi connectivity index (χ2v) is 8.65. The van der Waals surface area contributed by atoms with Crippen molar-refractivity contribution in [3.8, 4) is 0 Å². The van der Waals surface area contributed by atoms with E-state index >= 15 is 0 Å².